The molecule has 0 aliphatic carbocycles. The molecule has 1 aliphatic heterocycles. The average Bonchev–Trinajstić information content (AvgIpc) is 2.70. The minimum absolute atomic E-state index is 0.0999. The average molecular weight is 473 g/mol. The molecule has 0 spiro atoms. The lowest BCUT2D eigenvalue weighted by Gasteiger charge is -2.26. The molecule has 3 rings (SSSR count). The summed E-state index contributed by atoms with van der Waals surface area (Å²) in [6, 6.07) is 12.0. The lowest BCUT2D eigenvalue weighted by atomic mass is 10.2. The smallest absolute Gasteiger partial charge is 0.232 e. The molecule has 2 aromatic rings. The first-order chi connectivity index (χ1) is 14.2. The Kier molecular flexibility index (Phi) is 7.33. The van der Waals surface area contributed by atoms with Crippen molar-refractivity contribution in [3.63, 3.8) is 0 Å². The van der Waals surface area contributed by atoms with E-state index >= 15 is 0 Å². The van der Waals surface area contributed by atoms with Crippen LogP contribution < -0.4 is 19.1 Å². The van der Waals surface area contributed by atoms with Crippen molar-refractivity contribution in [1.29, 1.82) is 0 Å². The first-order valence-electron chi connectivity index (χ1n) is 9.32. The van der Waals surface area contributed by atoms with Gasteiger partial charge in [-0.05, 0) is 36.8 Å². The van der Waals surface area contributed by atoms with Gasteiger partial charge in [0.15, 0.2) is 11.5 Å². The van der Waals surface area contributed by atoms with Crippen LogP contribution in [0.5, 0.6) is 11.5 Å². The van der Waals surface area contributed by atoms with Crippen molar-refractivity contribution in [2.75, 3.05) is 30.3 Å². The fraction of sp³-hybridized carbons (Fsp3) is 0.350. The van der Waals surface area contributed by atoms with Gasteiger partial charge in [-0.1, -0.05) is 35.3 Å². The molecule has 1 heterocycles. The number of carbonyl (C=O) groups excluding carboxylic acids is 1. The third-order valence-corrected chi connectivity index (χ3v) is 6.17. The number of hydrogen-bond donors (Lipinski definition) is 1. The van der Waals surface area contributed by atoms with Crippen LogP contribution in [0.25, 0.3) is 0 Å². The van der Waals surface area contributed by atoms with E-state index in [4.69, 9.17) is 32.7 Å². The summed E-state index contributed by atoms with van der Waals surface area (Å²) in [7, 11) is -3.59. The van der Waals surface area contributed by atoms with Gasteiger partial charge in [-0.25, -0.2) is 8.42 Å². The zero-order valence-corrected chi connectivity index (χ0v) is 18.6. The van der Waals surface area contributed by atoms with E-state index in [0.717, 1.165) is 10.6 Å². The van der Waals surface area contributed by atoms with Crippen LogP contribution in [0.3, 0.4) is 0 Å². The summed E-state index contributed by atoms with van der Waals surface area (Å²) in [5.41, 5.74) is 0.290. The Morgan fingerprint density at radius 2 is 1.93 bits per heavy atom. The van der Waals surface area contributed by atoms with E-state index in [0.29, 0.717) is 41.8 Å². The summed E-state index contributed by atoms with van der Waals surface area (Å²) in [4.78, 5) is 12.2. The highest BCUT2D eigenvalue weighted by Crippen LogP contribution is 2.31. The second kappa shape index (κ2) is 9.76. The number of ether oxygens (including phenoxy) is 2. The highest BCUT2D eigenvalue weighted by molar-refractivity contribution is 7.92. The molecule has 0 saturated heterocycles. The lowest BCUT2D eigenvalue weighted by Crippen LogP contribution is -2.41. The molecule has 0 aromatic heterocycles. The molecule has 2 aromatic carbocycles. The van der Waals surface area contributed by atoms with E-state index in [1.54, 1.807) is 6.07 Å². The van der Waals surface area contributed by atoms with Crippen LogP contribution >= 0.6 is 23.2 Å². The predicted octanol–water partition coefficient (Wildman–Crippen LogP) is 3.50. The Bertz CT molecular complexity index is 1020. The number of rotatable bonds is 8. The van der Waals surface area contributed by atoms with Gasteiger partial charge >= 0.3 is 0 Å². The molecule has 1 atom stereocenters. The van der Waals surface area contributed by atoms with Crippen LogP contribution in [-0.2, 0) is 14.8 Å². The third kappa shape index (κ3) is 5.93. The van der Waals surface area contributed by atoms with Crippen LogP contribution in [0, 0.1) is 0 Å². The van der Waals surface area contributed by atoms with E-state index in [1.807, 2.05) is 24.3 Å². The molecule has 7 nitrogen and oxygen atoms in total. The van der Waals surface area contributed by atoms with Crippen molar-refractivity contribution in [3.8, 4) is 11.5 Å². The fourth-order valence-corrected chi connectivity index (χ4v) is 4.41. The second-order valence-corrected chi connectivity index (χ2v) is 9.59. The molecule has 0 fully saturated rings. The molecular formula is C20H22Cl2N2O5S. The van der Waals surface area contributed by atoms with Gasteiger partial charge in [0.25, 0.3) is 0 Å². The van der Waals surface area contributed by atoms with Crippen LogP contribution in [0.1, 0.15) is 12.8 Å². The minimum atomic E-state index is -3.59. The van der Waals surface area contributed by atoms with Gasteiger partial charge in [-0.2, -0.15) is 0 Å². The number of nitrogens with one attached hydrogen (secondary N) is 1. The fourth-order valence-electron chi connectivity index (χ4n) is 3.00. The summed E-state index contributed by atoms with van der Waals surface area (Å²) >= 11 is 12.1. The van der Waals surface area contributed by atoms with Gasteiger partial charge in [0.2, 0.25) is 15.9 Å². The molecule has 0 unspecified atom stereocenters. The van der Waals surface area contributed by atoms with Gasteiger partial charge in [-0.15, -0.1) is 0 Å². The van der Waals surface area contributed by atoms with E-state index < -0.39 is 10.0 Å². The molecule has 10 heteroatoms. The number of anilines is 1. The Balaban J connectivity index is 1.50. The zero-order valence-electron chi connectivity index (χ0n) is 16.3. The van der Waals surface area contributed by atoms with Crippen LogP contribution in [0.4, 0.5) is 5.69 Å². The molecule has 0 saturated carbocycles. The third-order valence-electron chi connectivity index (χ3n) is 4.44. The van der Waals surface area contributed by atoms with Crippen molar-refractivity contribution >= 4 is 44.8 Å². The molecular weight excluding hydrogens is 451 g/mol. The van der Waals surface area contributed by atoms with Crippen LogP contribution in [0.15, 0.2) is 42.5 Å². The maximum Gasteiger partial charge on any atom is 0.232 e. The van der Waals surface area contributed by atoms with E-state index in [1.165, 1.54) is 12.1 Å². The Morgan fingerprint density at radius 3 is 2.67 bits per heavy atom. The van der Waals surface area contributed by atoms with Gasteiger partial charge in [-0.3, -0.25) is 9.10 Å². The number of benzene rings is 2. The SMILES string of the molecule is CS(=O)(=O)N(CCCC(=O)NC[C@H]1COc2ccccc2O1)c1cc(Cl)ccc1Cl. The van der Waals surface area contributed by atoms with Gasteiger partial charge < -0.3 is 14.8 Å². The van der Waals surface area contributed by atoms with E-state index in [9.17, 15) is 13.2 Å². The number of halogens is 2. The largest absolute Gasteiger partial charge is 0.486 e. The molecule has 1 N–H and O–H groups in total. The monoisotopic (exact) mass is 472 g/mol. The molecule has 1 aliphatic rings. The molecule has 0 bridgehead atoms. The summed E-state index contributed by atoms with van der Waals surface area (Å²) in [5.74, 6) is 1.12. The summed E-state index contributed by atoms with van der Waals surface area (Å²) in [5, 5.41) is 3.44. The standard InChI is InChI=1S/C20H22Cl2N2O5S/c1-30(26,27)24(17-11-14(21)8-9-16(17)22)10-4-7-20(25)23-12-15-13-28-18-5-2-3-6-19(18)29-15/h2-3,5-6,8-9,11,15H,4,7,10,12-13H2,1H3,(H,23,25)/t15-/m0/s1. The van der Waals surface area contributed by atoms with Crippen molar-refractivity contribution in [3.05, 3.63) is 52.5 Å². The summed E-state index contributed by atoms with van der Waals surface area (Å²) in [6.45, 7) is 0.734. The second-order valence-electron chi connectivity index (χ2n) is 6.84. The maximum atomic E-state index is 12.2. The van der Waals surface area contributed by atoms with Gasteiger partial charge in [0, 0.05) is 18.0 Å². The van der Waals surface area contributed by atoms with Crippen molar-refractivity contribution < 1.29 is 22.7 Å². The lowest BCUT2D eigenvalue weighted by molar-refractivity contribution is -0.121. The normalized spacial score (nSPS) is 15.5. The van der Waals surface area contributed by atoms with Crippen molar-refractivity contribution in [1.82, 2.24) is 5.32 Å². The molecule has 0 radical (unpaired) electrons. The number of amides is 1. The molecule has 30 heavy (non-hydrogen) atoms. The quantitative estimate of drug-likeness (QED) is 0.635. The van der Waals surface area contributed by atoms with Gasteiger partial charge in [0.1, 0.15) is 12.7 Å². The molecule has 162 valence electrons. The van der Waals surface area contributed by atoms with Crippen molar-refractivity contribution in [2.24, 2.45) is 0 Å². The number of nitrogens with zero attached hydrogens (tertiary/aromatic N) is 1. The summed E-state index contributed by atoms with van der Waals surface area (Å²) < 4.78 is 37.0. The summed E-state index contributed by atoms with van der Waals surface area (Å²) in [6.07, 6.45) is 1.26. The Morgan fingerprint density at radius 1 is 1.20 bits per heavy atom. The Labute approximate surface area is 185 Å². The number of sulfonamides is 1. The van der Waals surface area contributed by atoms with Crippen LogP contribution in [0.2, 0.25) is 10.0 Å². The maximum absolute atomic E-state index is 12.2. The van der Waals surface area contributed by atoms with Crippen LogP contribution in [-0.4, -0.2) is 46.4 Å². The predicted molar refractivity (Wildman–Crippen MR) is 117 cm³/mol. The first kappa shape index (κ1) is 22.5. The van der Waals surface area contributed by atoms with E-state index in [2.05, 4.69) is 5.32 Å². The highest BCUT2D eigenvalue weighted by atomic mass is 35.5. The number of fused-ring (bicyclic) bond motifs is 1. The number of para-hydroxylation sites is 2. The highest BCUT2D eigenvalue weighted by Gasteiger charge is 2.22. The number of carbonyl (C=O) groups is 1. The van der Waals surface area contributed by atoms with E-state index in [-0.39, 0.29) is 30.0 Å². The van der Waals surface area contributed by atoms with Crippen molar-refractivity contribution in [2.45, 2.75) is 18.9 Å². The number of hydrogen-bond acceptors (Lipinski definition) is 5. The topological polar surface area (TPSA) is 84.9 Å². The molecule has 1 amide bonds. The van der Waals surface area contributed by atoms with Gasteiger partial charge in [0.05, 0.1) is 23.5 Å². The Hall–Kier alpha value is -2.16. The zero-order chi connectivity index (χ0) is 21.7. The first-order valence-corrected chi connectivity index (χ1v) is 11.9. The minimum Gasteiger partial charge on any atom is -0.486 e.